The fraction of sp³-hybridized carbons (Fsp3) is 0.154. The van der Waals surface area contributed by atoms with Gasteiger partial charge in [-0.05, 0) is 18.2 Å². The van der Waals surface area contributed by atoms with Crippen molar-refractivity contribution in [1.82, 2.24) is 4.98 Å². The summed E-state index contributed by atoms with van der Waals surface area (Å²) in [7, 11) is 3.13. The Kier molecular flexibility index (Phi) is 4.95. The SMILES string of the molecule is COc1ccc(Nc2nc(NN)c(Cl)cc2Cl)cc1OC. The standard InChI is InChI=1S/C13H14Cl2N4O2/c1-20-10-4-3-7(5-11(10)21-2)17-12-8(14)6-9(15)13(18-12)19-16/h3-6H,16H2,1-2H3,(H2,17,18,19). The number of benzene rings is 1. The molecule has 1 aromatic carbocycles. The van der Waals surface area contributed by atoms with Gasteiger partial charge in [-0.3, -0.25) is 0 Å². The second-order valence-electron chi connectivity index (χ2n) is 3.99. The van der Waals surface area contributed by atoms with Gasteiger partial charge in [-0.25, -0.2) is 10.8 Å². The van der Waals surface area contributed by atoms with E-state index in [0.717, 1.165) is 5.69 Å². The monoisotopic (exact) mass is 328 g/mol. The predicted molar refractivity (Wildman–Crippen MR) is 84.9 cm³/mol. The normalized spacial score (nSPS) is 10.1. The number of anilines is 3. The fourth-order valence-electron chi connectivity index (χ4n) is 1.71. The molecule has 0 aliphatic heterocycles. The molecule has 0 fully saturated rings. The van der Waals surface area contributed by atoms with E-state index in [4.69, 9.17) is 38.5 Å². The summed E-state index contributed by atoms with van der Waals surface area (Å²) in [6, 6.07) is 6.89. The highest BCUT2D eigenvalue weighted by Crippen LogP contribution is 2.34. The molecule has 0 aliphatic rings. The summed E-state index contributed by atoms with van der Waals surface area (Å²) in [6.45, 7) is 0. The molecule has 0 bridgehead atoms. The van der Waals surface area contributed by atoms with Crippen LogP contribution in [-0.4, -0.2) is 19.2 Å². The number of hydrogen-bond donors (Lipinski definition) is 3. The third-order valence-electron chi connectivity index (χ3n) is 2.71. The summed E-state index contributed by atoms with van der Waals surface area (Å²) in [6.07, 6.45) is 0. The van der Waals surface area contributed by atoms with Crippen LogP contribution in [-0.2, 0) is 0 Å². The van der Waals surface area contributed by atoms with Gasteiger partial charge in [0.15, 0.2) is 23.1 Å². The lowest BCUT2D eigenvalue weighted by Crippen LogP contribution is -2.10. The van der Waals surface area contributed by atoms with Crippen LogP contribution in [0.1, 0.15) is 0 Å². The van der Waals surface area contributed by atoms with Crippen molar-refractivity contribution >= 4 is 40.5 Å². The number of nitrogens with zero attached hydrogens (tertiary/aromatic N) is 1. The fourth-order valence-corrected chi connectivity index (χ4v) is 2.17. The number of hydrogen-bond acceptors (Lipinski definition) is 6. The number of halogens is 2. The van der Waals surface area contributed by atoms with Crippen molar-refractivity contribution in [2.24, 2.45) is 5.84 Å². The first-order valence-corrected chi connectivity index (χ1v) is 6.66. The summed E-state index contributed by atoms with van der Waals surface area (Å²) in [5.74, 6) is 7.30. The van der Waals surface area contributed by atoms with Crippen LogP contribution in [0.3, 0.4) is 0 Å². The molecule has 2 aromatic rings. The van der Waals surface area contributed by atoms with Crippen molar-refractivity contribution in [3.8, 4) is 11.5 Å². The van der Waals surface area contributed by atoms with Crippen molar-refractivity contribution < 1.29 is 9.47 Å². The summed E-state index contributed by atoms with van der Waals surface area (Å²) >= 11 is 12.0. The number of aromatic nitrogens is 1. The Morgan fingerprint density at radius 1 is 1.00 bits per heavy atom. The van der Waals surface area contributed by atoms with Crippen molar-refractivity contribution in [2.45, 2.75) is 0 Å². The number of methoxy groups -OCH3 is 2. The van der Waals surface area contributed by atoms with Crippen LogP contribution in [0.4, 0.5) is 17.3 Å². The van der Waals surface area contributed by atoms with E-state index in [1.165, 1.54) is 0 Å². The zero-order valence-electron chi connectivity index (χ0n) is 11.4. The van der Waals surface area contributed by atoms with E-state index in [9.17, 15) is 0 Å². The molecule has 0 radical (unpaired) electrons. The van der Waals surface area contributed by atoms with Gasteiger partial charge in [-0.1, -0.05) is 23.2 Å². The molecule has 2 rings (SSSR count). The minimum Gasteiger partial charge on any atom is -0.493 e. The van der Waals surface area contributed by atoms with E-state index in [2.05, 4.69) is 15.7 Å². The van der Waals surface area contributed by atoms with E-state index in [1.807, 2.05) is 6.07 Å². The van der Waals surface area contributed by atoms with E-state index in [-0.39, 0.29) is 0 Å². The summed E-state index contributed by atoms with van der Waals surface area (Å²) < 4.78 is 10.4. The van der Waals surface area contributed by atoms with Gasteiger partial charge in [-0.15, -0.1) is 0 Å². The molecule has 21 heavy (non-hydrogen) atoms. The lowest BCUT2D eigenvalue weighted by atomic mass is 10.2. The number of ether oxygens (including phenoxy) is 2. The van der Waals surface area contributed by atoms with Gasteiger partial charge >= 0.3 is 0 Å². The molecule has 0 spiro atoms. The first-order chi connectivity index (χ1) is 10.1. The third-order valence-corrected chi connectivity index (χ3v) is 3.29. The second kappa shape index (κ2) is 6.71. The highest BCUT2D eigenvalue weighted by molar-refractivity contribution is 6.37. The maximum atomic E-state index is 6.11. The van der Waals surface area contributed by atoms with Gasteiger partial charge in [0.05, 0.1) is 24.3 Å². The number of nitrogen functional groups attached to an aromatic ring is 1. The first-order valence-electron chi connectivity index (χ1n) is 5.90. The minimum absolute atomic E-state index is 0.323. The molecule has 0 amide bonds. The summed E-state index contributed by atoms with van der Waals surface area (Å²) in [5, 5.41) is 3.77. The molecule has 6 nitrogen and oxygen atoms in total. The van der Waals surface area contributed by atoms with Gasteiger partial charge in [0.1, 0.15) is 0 Å². The largest absolute Gasteiger partial charge is 0.493 e. The van der Waals surface area contributed by atoms with Gasteiger partial charge in [0.25, 0.3) is 0 Å². The van der Waals surface area contributed by atoms with Crippen molar-refractivity contribution in [1.29, 1.82) is 0 Å². The zero-order valence-corrected chi connectivity index (χ0v) is 12.9. The maximum Gasteiger partial charge on any atom is 0.162 e. The Morgan fingerprint density at radius 3 is 2.29 bits per heavy atom. The molecule has 0 unspecified atom stereocenters. The number of pyridine rings is 1. The van der Waals surface area contributed by atoms with Crippen LogP contribution in [0, 0.1) is 0 Å². The van der Waals surface area contributed by atoms with Crippen molar-refractivity contribution in [3.63, 3.8) is 0 Å². The minimum atomic E-state index is 0.323. The molecular weight excluding hydrogens is 315 g/mol. The van der Waals surface area contributed by atoms with Crippen LogP contribution in [0.2, 0.25) is 10.0 Å². The molecule has 8 heteroatoms. The zero-order chi connectivity index (χ0) is 15.4. The van der Waals surface area contributed by atoms with E-state index >= 15 is 0 Å². The Labute approximate surface area is 132 Å². The van der Waals surface area contributed by atoms with E-state index in [0.29, 0.717) is 33.2 Å². The molecule has 4 N–H and O–H groups in total. The average molecular weight is 329 g/mol. The molecule has 112 valence electrons. The highest BCUT2D eigenvalue weighted by Gasteiger charge is 2.10. The number of nitrogens with two attached hydrogens (primary N) is 1. The number of hydrazine groups is 1. The van der Waals surface area contributed by atoms with Gasteiger partial charge in [-0.2, -0.15) is 0 Å². The summed E-state index contributed by atoms with van der Waals surface area (Å²) in [4.78, 5) is 4.20. The van der Waals surface area contributed by atoms with Crippen molar-refractivity contribution in [2.75, 3.05) is 25.0 Å². The van der Waals surface area contributed by atoms with Gasteiger partial charge < -0.3 is 20.2 Å². The Morgan fingerprint density at radius 2 is 1.67 bits per heavy atom. The second-order valence-corrected chi connectivity index (χ2v) is 4.80. The Bertz CT molecular complexity index is 652. The third kappa shape index (κ3) is 3.41. The van der Waals surface area contributed by atoms with Crippen LogP contribution < -0.4 is 26.1 Å². The molecule has 1 aromatic heterocycles. The molecule has 0 aliphatic carbocycles. The highest BCUT2D eigenvalue weighted by atomic mass is 35.5. The lowest BCUT2D eigenvalue weighted by Gasteiger charge is -2.13. The average Bonchev–Trinajstić information content (AvgIpc) is 2.49. The van der Waals surface area contributed by atoms with Gasteiger partial charge in [0, 0.05) is 11.8 Å². The smallest absolute Gasteiger partial charge is 0.162 e. The molecule has 0 saturated heterocycles. The molecule has 0 atom stereocenters. The van der Waals surface area contributed by atoms with Gasteiger partial charge in [0.2, 0.25) is 0 Å². The Hall–Kier alpha value is -1.89. The van der Waals surface area contributed by atoms with E-state index < -0.39 is 0 Å². The molecule has 1 heterocycles. The Balaban J connectivity index is 2.34. The van der Waals surface area contributed by atoms with Crippen LogP contribution >= 0.6 is 23.2 Å². The van der Waals surface area contributed by atoms with Crippen molar-refractivity contribution in [3.05, 3.63) is 34.3 Å². The topological polar surface area (TPSA) is 81.4 Å². The lowest BCUT2D eigenvalue weighted by molar-refractivity contribution is 0.355. The number of rotatable bonds is 5. The quantitative estimate of drug-likeness (QED) is 0.576. The van der Waals surface area contributed by atoms with Crippen LogP contribution in [0.25, 0.3) is 0 Å². The molecule has 0 saturated carbocycles. The first kappa shape index (κ1) is 15.5. The number of nitrogens with one attached hydrogen (secondary N) is 2. The van der Waals surface area contributed by atoms with Crippen LogP contribution in [0.15, 0.2) is 24.3 Å². The van der Waals surface area contributed by atoms with Crippen LogP contribution in [0.5, 0.6) is 11.5 Å². The maximum absolute atomic E-state index is 6.11. The van der Waals surface area contributed by atoms with E-state index in [1.54, 1.807) is 32.4 Å². The summed E-state index contributed by atoms with van der Waals surface area (Å²) in [5.41, 5.74) is 3.13. The predicted octanol–water partition coefficient (Wildman–Crippen LogP) is 3.43. The molecular formula is C13H14Cl2N4O2.